The highest BCUT2D eigenvalue weighted by Crippen LogP contribution is 2.41. The Labute approximate surface area is 130 Å². The lowest BCUT2D eigenvalue weighted by Gasteiger charge is -2.08. The maximum atomic E-state index is 6.79. The van der Waals surface area contributed by atoms with Crippen LogP contribution in [0, 0.1) is 0 Å². The molecule has 0 fully saturated rings. The first-order valence-corrected chi connectivity index (χ1v) is 8.60. The maximum absolute atomic E-state index is 6.79. The van der Waals surface area contributed by atoms with E-state index in [1.807, 2.05) is 0 Å². The molecule has 0 aliphatic rings. The monoisotopic (exact) mass is 314 g/mol. The fraction of sp³-hybridized carbons (Fsp3) is 0.0588. The topological polar surface area (TPSA) is 0 Å². The van der Waals surface area contributed by atoms with Gasteiger partial charge >= 0.3 is 0 Å². The zero-order valence-electron chi connectivity index (χ0n) is 10.5. The second-order valence-electron chi connectivity index (χ2n) is 4.74. The van der Waals surface area contributed by atoms with Gasteiger partial charge in [-0.15, -0.1) is 34.3 Å². The summed E-state index contributed by atoms with van der Waals surface area (Å²) in [5.74, 6) is 0. The molecule has 0 spiro atoms. The molecule has 0 amide bonds. The van der Waals surface area contributed by atoms with Gasteiger partial charge in [-0.2, -0.15) is 0 Å². The van der Waals surface area contributed by atoms with Crippen molar-refractivity contribution in [1.29, 1.82) is 0 Å². The molecule has 3 heteroatoms. The summed E-state index contributed by atoms with van der Waals surface area (Å²) in [4.78, 5) is 0. The number of thiophene rings is 2. The molecule has 0 saturated heterocycles. The largest absolute Gasteiger partial charge is 0.143 e. The van der Waals surface area contributed by atoms with Crippen molar-refractivity contribution in [3.05, 3.63) is 70.4 Å². The predicted octanol–water partition coefficient (Wildman–Crippen LogP) is 6.44. The van der Waals surface area contributed by atoms with E-state index in [2.05, 4.69) is 59.3 Å². The van der Waals surface area contributed by atoms with Crippen LogP contribution in [0.2, 0.25) is 0 Å². The summed E-state index contributed by atoms with van der Waals surface area (Å²) >= 11 is 10.3. The highest BCUT2D eigenvalue weighted by Gasteiger charge is 2.18. The lowest BCUT2D eigenvalue weighted by molar-refractivity contribution is 1.20. The van der Waals surface area contributed by atoms with E-state index in [4.69, 9.17) is 11.6 Å². The Morgan fingerprint density at radius 3 is 1.65 bits per heavy atom. The number of halogens is 1. The summed E-state index contributed by atoms with van der Waals surface area (Å²) in [7, 11) is 0. The van der Waals surface area contributed by atoms with Crippen molar-refractivity contribution in [1.82, 2.24) is 0 Å². The van der Waals surface area contributed by atoms with Crippen LogP contribution in [-0.2, 0) is 0 Å². The zero-order valence-corrected chi connectivity index (χ0v) is 12.9. The normalized spacial score (nSPS) is 11.7. The van der Waals surface area contributed by atoms with Crippen molar-refractivity contribution in [2.24, 2.45) is 0 Å². The fourth-order valence-electron chi connectivity index (χ4n) is 2.56. The van der Waals surface area contributed by atoms with E-state index >= 15 is 0 Å². The van der Waals surface area contributed by atoms with Crippen molar-refractivity contribution < 1.29 is 0 Å². The van der Waals surface area contributed by atoms with Gasteiger partial charge in [0.25, 0.3) is 0 Å². The molecule has 4 aromatic rings. The molecule has 20 heavy (non-hydrogen) atoms. The molecule has 98 valence electrons. The Bertz CT molecular complexity index is 814. The van der Waals surface area contributed by atoms with E-state index in [1.165, 1.54) is 31.3 Å². The second-order valence-corrected chi connectivity index (χ2v) is 7.00. The van der Waals surface area contributed by atoms with Gasteiger partial charge in [-0.1, -0.05) is 36.4 Å². The molecule has 0 bridgehead atoms. The number of benzene rings is 2. The van der Waals surface area contributed by atoms with Gasteiger partial charge in [0.05, 0.1) is 5.38 Å². The molecule has 0 unspecified atom stereocenters. The van der Waals surface area contributed by atoms with Crippen LogP contribution in [0.3, 0.4) is 0 Å². The average Bonchev–Trinajstić information content (AvgIpc) is 3.11. The maximum Gasteiger partial charge on any atom is 0.0863 e. The first kappa shape index (κ1) is 12.4. The van der Waals surface area contributed by atoms with Gasteiger partial charge in [-0.25, -0.2) is 0 Å². The van der Waals surface area contributed by atoms with E-state index in [0.717, 1.165) is 0 Å². The smallest absolute Gasteiger partial charge is 0.0863 e. The molecular formula is C17H11ClS2. The molecule has 0 nitrogen and oxygen atoms in total. The van der Waals surface area contributed by atoms with Crippen molar-refractivity contribution in [2.45, 2.75) is 5.38 Å². The highest BCUT2D eigenvalue weighted by molar-refractivity contribution is 7.17. The number of fused-ring (bicyclic) bond motifs is 2. The minimum Gasteiger partial charge on any atom is -0.143 e. The van der Waals surface area contributed by atoms with Crippen molar-refractivity contribution in [3.63, 3.8) is 0 Å². The van der Waals surface area contributed by atoms with E-state index in [9.17, 15) is 0 Å². The van der Waals surface area contributed by atoms with Crippen LogP contribution in [0.25, 0.3) is 20.2 Å². The minimum absolute atomic E-state index is 0.0812. The van der Waals surface area contributed by atoms with Crippen LogP contribution in [0.15, 0.2) is 59.3 Å². The van der Waals surface area contributed by atoms with Crippen molar-refractivity contribution in [3.8, 4) is 0 Å². The summed E-state index contributed by atoms with van der Waals surface area (Å²) in [5.41, 5.74) is 2.44. The van der Waals surface area contributed by atoms with E-state index in [-0.39, 0.29) is 5.38 Å². The molecule has 2 aromatic heterocycles. The minimum atomic E-state index is -0.0812. The fourth-order valence-corrected chi connectivity index (χ4v) is 5.04. The molecule has 0 N–H and O–H groups in total. The third-order valence-electron chi connectivity index (χ3n) is 3.57. The van der Waals surface area contributed by atoms with Gasteiger partial charge < -0.3 is 0 Å². The van der Waals surface area contributed by atoms with Gasteiger partial charge in [0.15, 0.2) is 0 Å². The third kappa shape index (κ3) is 1.87. The lowest BCUT2D eigenvalue weighted by atomic mass is 10.0. The molecular weight excluding hydrogens is 304 g/mol. The number of rotatable bonds is 2. The Hall–Kier alpha value is -1.35. The van der Waals surface area contributed by atoms with Gasteiger partial charge in [0.2, 0.25) is 0 Å². The summed E-state index contributed by atoms with van der Waals surface area (Å²) < 4.78 is 2.60. The summed E-state index contributed by atoms with van der Waals surface area (Å²) in [6.45, 7) is 0. The first-order valence-electron chi connectivity index (χ1n) is 6.41. The van der Waals surface area contributed by atoms with Gasteiger partial charge in [0.1, 0.15) is 0 Å². The third-order valence-corrected chi connectivity index (χ3v) is 6.00. The lowest BCUT2D eigenvalue weighted by Crippen LogP contribution is -1.90. The van der Waals surface area contributed by atoms with Crippen LogP contribution in [-0.4, -0.2) is 0 Å². The molecule has 4 rings (SSSR count). The van der Waals surface area contributed by atoms with Crippen LogP contribution < -0.4 is 0 Å². The Morgan fingerprint density at radius 1 is 0.700 bits per heavy atom. The van der Waals surface area contributed by atoms with Crippen molar-refractivity contribution >= 4 is 54.4 Å². The standard InChI is InChI=1S/C17H11ClS2/c18-17(13-9-19-15-7-3-1-5-11(13)15)14-10-20-16-8-4-2-6-12(14)16/h1-10,17H. The summed E-state index contributed by atoms with van der Waals surface area (Å²) in [6, 6.07) is 16.9. The van der Waals surface area contributed by atoms with Crippen LogP contribution in [0.4, 0.5) is 0 Å². The Balaban J connectivity index is 1.90. The quantitative estimate of drug-likeness (QED) is 0.373. The predicted molar refractivity (Wildman–Crippen MR) is 91.3 cm³/mol. The molecule has 2 heterocycles. The van der Waals surface area contributed by atoms with Crippen molar-refractivity contribution in [2.75, 3.05) is 0 Å². The summed E-state index contributed by atoms with van der Waals surface area (Å²) in [5, 5.41) is 6.84. The van der Waals surface area contributed by atoms with E-state index < -0.39 is 0 Å². The Kier molecular flexibility index (Phi) is 3.03. The van der Waals surface area contributed by atoms with Crippen LogP contribution in [0.5, 0.6) is 0 Å². The SMILES string of the molecule is ClC(c1csc2ccccc12)c1csc2ccccc12. The summed E-state index contributed by atoms with van der Waals surface area (Å²) in [6.07, 6.45) is 0. The highest BCUT2D eigenvalue weighted by atomic mass is 35.5. The Morgan fingerprint density at radius 2 is 1.15 bits per heavy atom. The molecule has 0 saturated carbocycles. The first-order chi connectivity index (χ1) is 9.84. The van der Waals surface area contributed by atoms with Gasteiger partial charge in [-0.3, -0.25) is 0 Å². The molecule has 0 aliphatic carbocycles. The zero-order chi connectivity index (χ0) is 13.5. The van der Waals surface area contributed by atoms with Gasteiger partial charge in [0, 0.05) is 9.40 Å². The van der Waals surface area contributed by atoms with E-state index in [1.54, 1.807) is 22.7 Å². The van der Waals surface area contributed by atoms with Gasteiger partial charge in [-0.05, 0) is 44.8 Å². The molecule has 0 radical (unpaired) electrons. The molecule has 2 aromatic carbocycles. The number of alkyl halides is 1. The van der Waals surface area contributed by atoms with Crippen LogP contribution in [0.1, 0.15) is 16.5 Å². The number of hydrogen-bond donors (Lipinski definition) is 0. The second kappa shape index (κ2) is 4.88. The average molecular weight is 315 g/mol. The van der Waals surface area contributed by atoms with E-state index in [0.29, 0.717) is 0 Å². The number of hydrogen-bond acceptors (Lipinski definition) is 2. The van der Waals surface area contributed by atoms with Crippen LogP contribution >= 0.6 is 34.3 Å². The molecule has 0 atom stereocenters. The molecule has 0 aliphatic heterocycles.